The summed E-state index contributed by atoms with van der Waals surface area (Å²) in [4.78, 5) is 3.75. The summed E-state index contributed by atoms with van der Waals surface area (Å²) >= 11 is 2.98. The van der Waals surface area contributed by atoms with E-state index in [0.29, 0.717) is 11.4 Å². The van der Waals surface area contributed by atoms with Gasteiger partial charge in [0, 0.05) is 22.0 Å². The predicted molar refractivity (Wildman–Crippen MR) is 71.1 cm³/mol. The monoisotopic (exact) mass is 331 g/mol. The molecule has 0 radical (unpaired) electrons. The van der Waals surface area contributed by atoms with Crippen molar-refractivity contribution in [3.63, 3.8) is 0 Å². The van der Waals surface area contributed by atoms with E-state index in [-0.39, 0.29) is 10.3 Å². The molecule has 0 unspecified atom stereocenters. The minimum Gasteiger partial charge on any atom is -0.399 e. The predicted octanol–water partition coefficient (Wildman–Crippen LogP) is 4.19. The van der Waals surface area contributed by atoms with Crippen molar-refractivity contribution in [3.8, 4) is 0 Å². The number of aromatic nitrogens is 1. The fourth-order valence-electron chi connectivity index (χ4n) is 1.51. The van der Waals surface area contributed by atoms with Gasteiger partial charge in [0.15, 0.2) is 0 Å². The van der Waals surface area contributed by atoms with Gasteiger partial charge in [0.2, 0.25) is 0 Å². The maximum atomic E-state index is 12.9. The van der Waals surface area contributed by atoms with E-state index in [1.54, 1.807) is 18.2 Å². The van der Waals surface area contributed by atoms with Crippen LogP contribution in [0.4, 0.5) is 30.4 Å². The summed E-state index contributed by atoms with van der Waals surface area (Å²) in [7, 11) is 0. The van der Waals surface area contributed by atoms with Crippen molar-refractivity contribution in [3.05, 3.63) is 46.6 Å². The van der Waals surface area contributed by atoms with Gasteiger partial charge in [-0.25, -0.2) is 4.98 Å². The highest BCUT2D eigenvalue weighted by Crippen LogP contribution is 2.36. The number of nitrogens with one attached hydrogen (secondary N) is 1. The first-order valence-electron chi connectivity index (χ1n) is 5.21. The zero-order valence-corrected chi connectivity index (χ0v) is 11.1. The van der Waals surface area contributed by atoms with Gasteiger partial charge in [-0.1, -0.05) is 6.07 Å². The fraction of sp³-hybridized carbons (Fsp3) is 0.0833. The Morgan fingerprint density at radius 1 is 1.21 bits per heavy atom. The minimum atomic E-state index is -4.49. The van der Waals surface area contributed by atoms with Crippen molar-refractivity contribution < 1.29 is 13.2 Å². The zero-order chi connectivity index (χ0) is 14.0. The van der Waals surface area contributed by atoms with Gasteiger partial charge in [-0.05, 0) is 40.2 Å². The second-order valence-electron chi connectivity index (χ2n) is 3.80. The minimum absolute atomic E-state index is 0.262. The van der Waals surface area contributed by atoms with Crippen molar-refractivity contribution >= 4 is 33.1 Å². The first-order chi connectivity index (χ1) is 8.86. The third kappa shape index (κ3) is 3.37. The topological polar surface area (TPSA) is 50.9 Å². The van der Waals surface area contributed by atoms with Crippen LogP contribution in [-0.2, 0) is 6.18 Å². The molecule has 2 aromatic rings. The van der Waals surface area contributed by atoms with Crippen LogP contribution in [0.3, 0.4) is 0 Å². The van der Waals surface area contributed by atoms with Crippen LogP contribution in [0.25, 0.3) is 0 Å². The summed E-state index contributed by atoms with van der Waals surface area (Å²) in [6.45, 7) is 0. The number of hydrogen-bond donors (Lipinski definition) is 2. The highest BCUT2D eigenvalue weighted by Gasteiger charge is 2.34. The van der Waals surface area contributed by atoms with Gasteiger partial charge in [0.05, 0.1) is 5.56 Å². The van der Waals surface area contributed by atoms with E-state index in [4.69, 9.17) is 5.73 Å². The number of anilines is 3. The molecule has 1 aromatic heterocycles. The molecule has 0 aliphatic heterocycles. The summed E-state index contributed by atoms with van der Waals surface area (Å²) in [6, 6.07) is 7.40. The summed E-state index contributed by atoms with van der Waals surface area (Å²) in [5.74, 6) is -0.263. The summed E-state index contributed by atoms with van der Waals surface area (Å²) in [5.41, 5.74) is 5.63. The maximum absolute atomic E-state index is 12.9. The number of pyridine rings is 1. The lowest BCUT2D eigenvalue weighted by molar-refractivity contribution is -0.137. The van der Waals surface area contributed by atoms with E-state index in [1.165, 1.54) is 12.3 Å². The molecule has 19 heavy (non-hydrogen) atoms. The molecule has 2 rings (SSSR count). The van der Waals surface area contributed by atoms with E-state index < -0.39 is 11.7 Å². The molecule has 0 atom stereocenters. The molecule has 0 bridgehead atoms. The van der Waals surface area contributed by atoms with Crippen LogP contribution in [-0.4, -0.2) is 4.98 Å². The molecule has 0 spiro atoms. The Bertz CT molecular complexity index is 599. The normalized spacial score (nSPS) is 11.4. The third-order valence-corrected chi connectivity index (χ3v) is 2.74. The van der Waals surface area contributed by atoms with E-state index in [9.17, 15) is 13.2 Å². The van der Waals surface area contributed by atoms with Gasteiger partial charge >= 0.3 is 6.18 Å². The first kappa shape index (κ1) is 13.7. The van der Waals surface area contributed by atoms with Crippen LogP contribution in [0, 0.1) is 0 Å². The number of alkyl halides is 3. The molecule has 3 N–H and O–H groups in total. The molecule has 100 valence electrons. The van der Waals surface area contributed by atoms with Crippen molar-refractivity contribution in [2.24, 2.45) is 0 Å². The Morgan fingerprint density at radius 3 is 2.58 bits per heavy atom. The molecule has 0 aliphatic rings. The lowest BCUT2D eigenvalue weighted by Crippen LogP contribution is -2.10. The molecule has 1 heterocycles. The lowest BCUT2D eigenvalue weighted by Gasteiger charge is -2.14. The summed E-state index contributed by atoms with van der Waals surface area (Å²) in [5, 5.41) is 2.62. The molecular weight excluding hydrogens is 323 g/mol. The molecule has 7 heteroatoms. The van der Waals surface area contributed by atoms with Crippen molar-refractivity contribution in [1.29, 1.82) is 0 Å². The second kappa shape index (κ2) is 5.08. The highest BCUT2D eigenvalue weighted by atomic mass is 79.9. The van der Waals surface area contributed by atoms with E-state index >= 15 is 0 Å². The van der Waals surface area contributed by atoms with Gasteiger partial charge in [-0.3, -0.25) is 0 Å². The third-order valence-electron chi connectivity index (χ3n) is 2.31. The molecule has 3 nitrogen and oxygen atoms in total. The van der Waals surface area contributed by atoms with E-state index in [0.717, 1.165) is 6.07 Å². The standard InChI is InChI=1S/C12H9BrF3N3/c13-7-4-10(12(14,15)16)11(18-6-7)19-9-3-1-2-8(17)5-9/h1-6H,17H2,(H,18,19). The van der Waals surface area contributed by atoms with Crippen molar-refractivity contribution in [1.82, 2.24) is 4.98 Å². The number of rotatable bonds is 2. The van der Waals surface area contributed by atoms with Crippen LogP contribution in [0.5, 0.6) is 0 Å². The van der Waals surface area contributed by atoms with Crippen LogP contribution < -0.4 is 11.1 Å². The van der Waals surface area contributed by atoms with Gasteiger partial charge < -0.3 is 11.1 Å². The van der Waals surface area contributed by atoms with Crippen LogP contribution in [0.15, 0.2) is 41.0 Å². The Labute approximate surface area is 115 Å². The number of nitrogens with two attached hydrogens (primary N) is 1. The molecule has 1 aromatic carbocycles. The summed E-state index contributed by atoms with van der Waals surface area (Å²) < 4.78 is 38.9. The van der Waals surface area contributed by atoms with Crippen LogP contribution in [0.2, 0.25) is 0 Å². The Morgan fingerprint density at radius 2 is 1.95 bits per heavy atom. The van der Waals surface area contributed by atoms with E-state index in [2.05, 4.69) is 26.2 Å². The molecular formula is C12H9BrF3N3. The number of halogens is 4. The average Bonchev–Trinajstić information content (AvgIpc) is 2.30. The zero-order valence-electron chi connectivity index (χ0n) is 9.50. The fourth-order valence-corrected chi connectivity index (χ4v) is 1.84. The molecule has 0 saturated carbocycles. The van der Waals surface area contributed by atoms with E-state index in [1.807, 2.05) is 0 Å². The van der Waals surface area contributed by atoms with Gasteiger partial charge in [-0.2, -0.15) is 13.2 Å². The maximum Gasteiger partial charge on any atom is 0.420 e. The molecule has 0 saturated heterocycles. The average molecular weight is 332 g/mol. The van der Waals surface area contributed by atoms with Crippen LogP contribution in [0.1, 0.15) is 5.56 Å². The number of nitrogen functional groups attached to an aromatic ring is 1. The smallest absolute Gasteiger partial charge is 0.399 e. The largest absolute Gasteiger partial charge is 0.420 e. The van der Waals surface area contributed by atoms with Gasteiger partial charge in [0.25, 0.3) is 0 Å². The van der Waals surface area contributed by atoms with Crippen molar-refractivity contribution in [2.45, 2.75) is 6.18 Å². The lowest BCUT2D eigenvalue weighted by atomic mass is 10.2. The number of nitrogens with zero attached hydrogens (tertiary/aromatic N) is 1. The number of benzene rings is 1. The van der Waals surface area contributed by atoms with Gasteiger partial charge in [-0.15, -0.1) is 0 Å². The SMILES string of the molecule is Nc1cccc(Nc2ncc(Br)cc2C(F)(F)F)c1. The summed E-state index contributed by atoms with van der Waals surface area (Å²) in [6.07, 6.45) is -3.19. The second-order valence-corrected chi connectivity index (χ2v) is 4.71. The quantitative estimate of drug-likeness (QED) is 0.811. The molecule has 0 fully saturated rings. The highest BCUT2D eigenvalue weighted by molar-refractivity contribution is 9.10. The van der Waals surface area contributed by atoms with Gasteiger partial charge in [0.1, 0.15) is 5.82 Å². The Hall–Kier alpha value is -1.76. The first-order valence-corrected chi connectivity index (χ1v) is 6.01. The molecule has 0 amide bonds. The van der Waals surface area contributed by atoms with Crippen LogP contribution >= 0.6 is 15.9 Å². The number of hydrogen-bond acceptors (Lipinski definition) is 3. The Kier molecular flexibility index (Phi) is 3.66. The van der Waals surface area contributed by atoms with Crippen molar-refractivity contribution in [2.75, 3.05) is 11.1 Å². The molecule has 0 aliphatic carbocycles. The Balaban J connectivity index is 2.40.